The van der Waals surface area contributed by atoms with Crippen LogP contribution in [0.1, 0.15) is 22.3 Å². The van der Waals surface area contributed by atoms with Crippen molar-refractivity contribution in [3.8, 4) is 0 Å². The first-order valence-electron chi connectivity index (χ1n) is 11.4. The number of hydrogen-bond donors (Lipinski definition) is 0. The minimum atomic E-state index is -1.07. The Labute approximate surface area is 211 Å². The van der Waals surface area contributed by atoms with Crippen LogP contribution in [0.2, 0.25) is 0 Å². The summed E-state index contributed by atoms with van der Waals surface area (Å²) in [5.41, 5.74) is 6.32. The van der Waals surface area contributed by atoms with Crippen LogP contribution in [-0.2, 0) is 27.4 Å². The molecule has 1 atom stereocenters. The van der Waals surface area contributed by atoms with E-state index in [2.05, 4.69) is 45.1 Å². The van der Waals surface area contributed by atoms with Crippen LogP contribution in [0, 0.1) is 6.92 Å². The zero-order valence-corrected chi connectivity index (χ0v) is 21.2. The zero-order chi connectivity index (χ0) is 23.4. The minimum absolute atomic E-state index is 0.0416. The lowest BCUT2D eigenvalue weighted by atomic mass is 10.0. The van der Waals surface area contributed by atoms with Crippen LogP contribution in [0.3, 0.4) is 0 Å². The van der Waals surface area contributed by atoms with Crippen LogP contribution in [0.15, 0.2) is 71.2 Å². The van der Waals surface area contributed by atoms with E-state index in [1.165, 1.54) is 22.9 Å². The molecule has 172 valence electrons. The highest BCUT2D eigenvalue weighted by Gasteiger charge is 2.61. The maximum absolute atomic E-state index is 14.3. The Kier molecular flexibility index (Phi) is 5.32. The lowest BCUT2D eigenvalue weighted by molar-refractivity contribution is -0.124. The predicted molar refractivity (Wildman–Crippen MR) is 140 cm³/mol. The van der Waals surface area contributed by atoms with Gasteiger partial charge in [0.25, 0.3) is 5.91 Å². The summed E-state index contributed by atoms with van der Waals surface area (Å²) in [4.78, 5) is 32.3. The number of benzene rings is 3. The molecule has 0 unspecified atom stereocenters. The van der Waals surface area contributed by atoms with Crippen LogP contribution in [-0.4, -0.2) is 35.7 Å². The fourth-order valence-electron chi connectivity index (χ4n) is 5.29. The van der Waals surface area contributed by atoms with Gasteiger partial charge < -0.3 is 0 Å². The van der Waals surface area contributed by atoms with Crippen LogP contribution in [0.5, 0.6) is 0 Å². The van der Waals surface area contributed by atoms with Gasteiger partial charge in [0.1, 0.15) is 0 Å². The molecule has 7 heteroatoms. The van der Waals surface area contributed by atoms with E-state index >= 15 is 0 Å². The molecule has 3 aliphatic rings. The number of aryl methyl sites for hydroxylation is 1. The fraction of sp³-hybridized carbons (Fsp3) is 0.259. The van der Waals surface area contributed by atoms with Gasteiger partial charge in [-0.25, -0.2) is 0 Å². The molecule has 0 aromatic heterocycles. The van der Waals surface area contributed by atoms with Crippen molar-refractivity contribution in [2.45, 2.75) is 24.8 Å². The Morgan fingerprint density at radius 3 is 2.59 bits per heavy atom. The number of halogens is 1. The maximum Gasteiger partial charge on any atom is 0.269 e. The third-order valence-electron chi connectivity index (χ3n) is 7.03. The zero-order valence-electron chi connectivity index (χ0n) is 18.8. The molecular formula is C27H24BrN3O2S. The van der Waals surface area contributed by atoms with Gasteiger partial charge in [0.2, 0.25) is 10.8 Å². The molecule has 1 fully saturated rings. The number of rotatable bonds is 3. The number of thioether (sulfide) groups is 1. The summed E-state index contributed by atoms with van der Waals surface area (Å²) >= 11 is 5.03. The van der Waals surface area contributed by atoms with Crippen molar-refractivity contribution in [3.05, 3.63) is 93.5 Å². The van der Waals surface area contributed by atoms with Crippen LogP contribution >= 0.6 is 27.7 Å². The molecule has 0 bridgehead atoms. The molecule has 1 spiro atoms. The molecule has 5 nitrogen and oxygen atoms in total. The summed E-state index contributed by atoms with van der Waals surface area (Å²) < 4.78 is 0.924. The van der Waals surface area contributed by atoms with Crippen LogP contribution in [0.25, 0.3) is 0 Å². The van der Waals surface area contributed by atoms with E-state index in [0.29, 0.717) is 6.67 Å². The smallest absolute Gasteiger partial charge is 0.269 e. The number of fused-ring (bicyclic) bond motifs is 3. The largest absolute Gasteiger partial charge is 0.295 e. The van der Waals surface area contributed by atoms with E-state index in [0.717, 1.165) is 46.5 Å². The summed E-state index contributed by atoms with van der Waals surface area (Å²) in [6, 6.07) is 22.3. The molecule has 0 aliphatic carbocycles. The highest BCUT2D eigenvalue weighted by atomic mass is 79.9. The average molecular weight is 534 g/mol. The first-order chi connectivity index (χ1) is 16.5. The van der Waals surface area contributed by atoms with Crippen molar-refractivity contribution >= 4 is 50.9 Å². The van der Waals surface area contributed by atoms with E-state index in [1.807, 2.05) is 54.3 Å². The van der Waals surface area contributed by atoms with Crippen LogP contribution < -0.4 is 9.80 Å². The number of amides is 2. The number of carbonyl (C=O) groups is 2. The standard InChI is InChI=1S/C27H24BrN3O2S/c1-18-10-11-21(14-23(18)28)31-25(32)16-34-27(31)22-8-4-5-9-24(22)30(26(27)33)17-29-13-12-19-6-2-3-7-20(19)15-29/h2-11,14H,12-13,15-17H2,1H3/t27-/m0/s1. The summed E-state index contributed by atoms with van der Waals surface area (Å²) in [7, 11) is 0. The van der Waals surface area contributed by atoms with E-state index in [4.69, 9.17) is 0 Å². The van der Waals surface area contributed by atoms with Crippen molar-refractivity contribution in [2.75, 3.05) is 28.8 Å². The number of anilines is 2. The van der Waals surface area contributed by atoms with Gasteiger partial charge in [-0.3, -0.25) is 24.3 Å². The normalized spacial score (nSPS) is 21.9. The lowest BCUT2D eigenvalue weighted by Gasteiger charge is -2.35. The van der Waals surface area contributed by atoms with Crippen LogP contribution in [0.4, 0.5) is 11.4 Å². The summed E-state index contributed by atoms with van der Waals surface area (Å²) in [5, 5.41) is 0. The van der Waals surface area contributed by atoms with Gasteiger partial charge in [-0.2, -0.15) is 0 Å². The van der Waals surface area contributed by atoms with Crippen molar-refractivity contribution in [1.82, 2.24) is 4.90 Å². The Balaban J connectivity index is 1.39. The predicted octanol–water partition coefficient (Wildman–Crippen LogP) is 5.05. The van der Waals surface area contributed by atoms with Gasteiger partial charge in [0.05, 0.1) is 18.1 Å². The van der Waals surface area contributed by atoms with E-state index in [1.54, 1.807) is 4.90 Å². The summed E-state index contributed by atoms with van der Waals surface area (Å²) in [6.45, 7) is 4.23. The van der Waals surface area contributed by atoms with Crippen molar-refractivity contribution in [2.24, 2.45) is 0 Å². The number of nitrogens with zero attached hydrogens (tertiary/aromatic N) is 3. The van der Waals surface area contributed by atoms with E-state index in [9.17, 15) is 9.59 Å². The molecule has 34 heavy (non-hydrogen) atoms. The minimum Gasteiger partial charge on any atom is -0.295 e. The summed E-state index contributed by atoms with van der Waals surface area (Å²) in [5.74, 6) is 0.189. The molecule has 0 radical (unpaired) electrons. The molecule has 3 heterocycles. The SMILES string of the molecule is Cc1ccc(N2C(=O)CS[C@@]23C(=O)N(CN2CCc4ccccc4C2)c2ccccc23)cc1Br. The Hall–Kier alpha value is -2.61. The second-order valence-corrected chi connectivity index (χ2v) is 11.1. The fourth-order valence-corrected chi connectivity index (χ4v) is 7.02. The van der Waals surface area contributed by atoms with E-state index < -0.39 is 4.87 Å². The summed E-state index contributed by atoms with van der Waals surface area (Å²) in [6.07, 6.45) is 0.974. The quantitative estimate of drug-likeness (QED) is 0.472. The highest BCUT2D eigenvalue weighted by molar-refractivity contribution is 9.10. The first kappa shape index (κ1) is 21.9. The molecule has 3 aromatic rings. The van der Waals surface area contributed by atoms with Gasteiger partial charge >= 0.3 is 0 Å². The molecule has 1 saturated heterocycles. The second kappa shape index (κ2) is 8.26. The molecule has 0 saturated carbocycles. The molecule has 6 rings (SSSR count). The molecule has 3 aromatic carbocycles. The second-order valence-electron chi connectivity index (χ2n) is 9.06. The van der Waals surface area contributed by atoms with Gasteiger partial charge in [0.15, 0.2) is 0 Å². The molecule has 2 amide bonds. The topological polar surface area (TPSA) is 43.9 Å². The van der Waals surface area contributed by atoms with Gasteiger partial charge in [0, 0.05) is 28.8 Å². The Bertz CT molecular complexity index is 1330. The van der Waals surface area contributed by atoms with Gasteiger partial charge in [-0.1, -0.05) is 64.5 Å². The average Bonchev–Trinajstić information content (AvgIpc) is 3.32. The number of hydrogen-bond acceptors (Lipinski definition) is 4. The number of carbonyl (C=O) groups excluding carboxylic acids is 2. The third-order valence-corrected chi connectivity index (χ3v) is 9.27. The Morgan fingerprint density at radius 1 is 1.00 bits per heavy atom. The first-order valence-corrected chi connectivity index (χ1v) is 13.2. The highest BCUT2D eigenvalue weighted by Crippen LogP contribution is 2.55. The number of para-hydroxylation sites is 1. The third kappa shape index (κ3) is 3.25. The van der Waals surface area contributed by atoms with Gasteiger partial charge in [-0.05, 0) is 48.2 Å². The molecular weight excluding hydrogens is 510 g/mol. The van der Waals surface area contributed by atoms with E-state index in [-0.39, 0.29) is 17.6 Å². The van der Waals surface area contributed by atoms with Crippen molar-refractivity contribution < 1.29 is 9.59 Å². The van der Waals surface area contributed by atoms with Crippen molar-refractivity contribution in [3.63, 3.8) is 0 Å². The monoisotopic (exact) mass is 533 g/mol. The Morgan fingerprint density at radius 2 is 1.76 bits per heavy atom. The molecule has 0 N–H and O–H groups in total. The maximum atomic E-state index is 14.3. The lowest BCUT2D eigenvalue weighted by Crippen LogP contribution is -2.52. The molecule has 3 aliphatic heterocycles. The van der Waals surface area contributed by atoms with Gasteiger partial charge in [-0.15, -0.1) is 11.8 Å². The van der Waals surface area contributed by atoms with Crippen molar-refractivity contribution in [1.29, 1.82) is 0 Å².